The standard InChI is InChI=1S/C14H20N2O3/c17-13-5-7-16(8-6-13)9-10-19-14-4-2-1-3-12(14)11-15-18/h1-4,13,17H,5-11H2. The van der Waals surface area contributed by atoms with E-state index in [9.17, 15) is 10.0 Å². The predicted octanol–water partition coefficient (Wildman–Crippen LogP) is 1.79. The summed E-state index contributed by atoms with van der Waals surface area (Å²) in [6.07, 6.45) is 1.54. The van der Waals surface area contributed by atoms with Crippen molar-refractivity contribution in [3.63, 3.8) is 0 Å². The summed E-state index contributed by atoms with van der Waals surface area (Å²) in [6.45, 7) is 3.41. The molecule has 0 spiro atoms. The Hall–Kier alpha value is -1.46. The largest absolute Gasteiger partial charge is 0.492 e. The minimum absolute atomic E-state index is 0.142. The van der Waals surface area contributed by atoms with Crippen LogP contribution in [0.4, 0.5) is 0 Å². The third kappa shape index (κ3) is 4.29. The summed E-state index contributed by atoms with van der Waals surface area (Å²) >= 11 is 0. The molecule has 0 radical (unpaired) electrons. The number of piperidine rings is 1. The molecule has 104 valence electrons. The van der Waals surface area contributed by atoms with Crippen molar-refractivity contribution in [3.05, 3.63) is 34.7 Å². The van der Waals surface area contributed by atoms with Crippen LogP contribution in [-0.2, 0) is 6.54 Å². The minimum Gasteiger partial charge on any atom is -0.492 e. The molecule has 19 heavy (non-hydrogen) atoms. The summed E-state index contributed by atoms with van der Waals surface area (Å²) in [4.78, 5) is 12.6. The van der Waals surface area contributed by atoms with Gasteiger partial charge in [-0.05, 0) is 18.9 Å². The van der Waals surface area contributed by atoms with Gasteiger partial charge in [-0.2, -0.15) is 4.91 Å². The molecule has 1 fully saturated rings. The topological polar surface area (TPSA) is 62.1 Å². The second-order valence-corrected chi connectivity index (χ2v) is 4.82. The molecule has 0 unspecified atom stereocenters. The van der Waals surface area contributed by atoms with Gasteiger partial charge in [0.05, 0.1) is 6.10 Å². The molecular weight excluding hydrogens is 244 g/mol. The average Bonchev–Trinajstić information content (AvgIpc) is 2.43. The Balaban J connectivity index is 1.77. The highest BCUT2D eigenvalue weighted by molar-refractivity contribution is 5.33. The van der Waals surface area contributed by atoms with Gasteiger partial charge in [0.1, 0.15) is 18.9 Å². The fraction of sp³-hybridized carbons (Fsp3) is 0.571. The highest BCUT2D eigenvalue weighted by Gasteiger charge is 2.16. The molecule has 1 N–H and O–H groups in total. The first kappa shape index (κ1) is 14.0. The maximum Gasteiger partial charge on any atom is 0.124 e. The molecule has 0 aliphatic carbocycles. The summed E-state index contributed by atoms with van der Waals surface area (Å²) in [5, 5.41) is 12.3. The number of ether oxygens (including phenoxy) is 1. The van der Waals surface area contributed by atoms with Gasteiger partial charge in [-0.25, -0.2) is 0 Å². The second kappa shape index (κ2) is 7.21. The molecule has 1 aliphatic rings. The maximum absolute atomic E-state index is 10.3. The molecule has 0 bridgehead atoms. The Labute approximate surface area is 113 Å². The van der Waals surface area contributed by atoms with Gasteiger partial charge in [-0.15, -0.1) is 0 Å². The third-order valence-corrected chi connectivity index (χ3v) is 3.43. The van der Waals surface area contributed by atoms with E-state index < -0.39 is 0 Å². The first-order valence-electron chi connectivity index (χ1n) is 6.70. The van der Waals surface area contributed by atoms with E-state index in [1.807, 2.05) is 24.3 Å². The maximum atomic E-state index is 10.3. The Bertz CT molecular complexity index is 403. The number of para-hydroxylation sites is 1. The molecule has 1 heterocycles. The van der Waals surface area contributed by atoms with Gasteiger partial charge in [-0.3, -0.25) is 4.90 Å². The molecule has 0 saturated carbocycles. The first-order chi connectivity index (χ1) is 9.29. The number of aliphatic hydroxyl groups excluding tert-OH is 1. The van der Waals surface area contributed by atoms with Crippen LogP contribution in [0.15, 0.2) is 29.4 Å². The van der Waals surface area contributed by atoms with Crippen LogP contribution in [-0.4, -0.2) is 42.4 Å². The highest BCUT2D eigenvalue weighted by Crippen LogP contribution is 2.19. The molecular formula is C14H20N2O3. The van der Waals surface area contributed by atoms with Crippen molar-refractivity contribution in [3.8, 4) is 5.75 Å². The number of hydrogen-bond donors (Lipinski definition) is 1. The predicted molar refractivity (Wildman–Crippen MR) is 73.1 cm³/mol. The normalized spacial score (nSPS) is 17.3. The first-order valence-corrected chi connectivity index (χ1v) is 6.70. The van der Waals surface area contributed by atoms with Crippen LogP contribution in [0.1, 0.15) is 18.4 Å². The van der Waals surface area contributed by atoms with Crippen molar-refractivity contribution in [2.45, 2.75) is 25.5 Å². The summed E-state index contributed by atoms with van der Waals surface area (Å²) in [7, 11) is 0. The number of rotatable bonds is 6. The molecule has 1 aliphatic heterocycles. The molecule has 1 aromatic carbocycles. The van der Waals surface area contributed by atoms with Crippen molar-refractivity contribution in [1.82, 2.24) is 4.90 Å². The smallest absolute Gasteiger partial charge is 0.124 e. The van der Waals surface area contributed by atoms with Crippen molar-refractivity contribution in [1.29, 1.82) is 0 Å². The SMILES string of the molecule is O=NCc1ccccc1OCCN1CCC(O)CC1. The van der Waals surface area contributed by atoms with Gasteiger partial charge in [0, 0.05) is 25.2 Å². The molecule has 1 saturated heterocycles. The monoisotopic (exact) mass is 264 g/mol. The Morgan fingerprint density at radius 3 is 2.79 bits per heavy atom. The third-order valence-electron chi connectivity index (χ3n) is 3.43. The van der Waals surface area contributed by atoms with E-state index in [2.05, 4.69) is 10.1 Å². The van der Waals surface area contributed by atoms with E-state index in [1.165, 1.54) is 0 Å². The van der Waals surface area contributed by atoms with Gasteiger partial charge in [-0.1, -0.05) is 23.4 Å². The highest BCUT2D eigenvalue weighted by atomic mass is 16.5. The lowest BCUT2D eigenvalue weighted by molar-refractivity contribution is 0.0754. The molecule has 0 amide bonds. The number of nitrogens with zero attached hydrogens (tertiary/aromatic N) is 2. The van der Waals surface area contributed by atoms with E-state index in [1.54, 1.807) is 0 Å². The Morgan fingerprint density at radius 2 is 2.05 bits per heavy atom. The fourth-order valence-corrected chi connectivity index (χ4v) is 2.27. The molecule has 0 atom stereocenters. The summed E-state index contributed by atoms with van der Waals surface area (Å²) in [5.41, 5.74) is 0.826. The molecule has 2 rings (SSSR count). The van der Waals surface area contributed by atoms with E-state index in [0.717, 1.165) is 43.8 Å². The number of nitroso groups, excluding NO2 is 1. The molecule has 5 nitrogen and oxygen atoms in total. The van der Waals surface area contributed by atoms with E-state index >= 15 is 0 Å². The summed E-state index contributed by atoms with van der Waals surface area (Å²) < 4.78 is 5.72. The van der Waals surface area contributed by atoms with Crippen LogP contribution in [0, 0.1) is 4.91 Å². The van der Waals surface area contributed by atoms with Crippen LogP contribution >= 0.6 is 0 Å². The number of likely N-dealkylation sites (tertiary alicyclic amines) is 1. The van der Waals surface area contributed by atoms with Crippen LogP contribution in [0.25, 0.3) is 0 Å². The number of hydrogen-bond acceptors (Lipinski definition) is 5. The quantitative estimate of drug-likeness (QED) is 0.796. The van der Waals surface area contributed by atoms with Gasteiger partial charge in [0.2, 0.25) is 0 Å². The zero-order chi connectivity index (χ0) is 13.5. The van der Waals surface area contributed by atoms with Crippen molar-refractivity contribution >= 4 is 0 Å². The molecule has 0 aromatic heterocycles. The summed E-state index contributed by atoms with van der Waals surface area (Å²) in [5.74, 6) is 0.735. The minimum atomic E-state index is -0.142. The van der Waals surface area contributed by atoms with Crippen LogP contribution < -0.4 is 4.74 Å². The number of benzene rings is 1. The fourth-order valence-electron chi connectivity index (χ4n) is 2.27. The van der Waals surface area contributed by atoms with Crippen molar-refractivity contribution < 1.29 is 9.84 Å². The van der Waals surface area contributed by atoms with Gasteiger partial charge < -0.3 is 9.84 Å². The lowest BCUT2D eigenvalue weighted by atomic mass is 10.1. The lowest BCUT2D eigenvalue weighted by Crippen LogP contribution is -2.38. The Morgan fingerprint density at radius 1 is 1.32 bits per heavy atom. The van der Waals surface area contributed by atoms with Crippen LogP contribution in [0.5, 0.6) is 5.75 Å². The van der Waals surface area contributed by atoms with E-state index in [0.29, 0.717) is 6.61 Å². The van der Waals surface area contributed by atoms with Gasteiger partial charge >= 0.3 is 0 Å². The van der Waals surface area contributed by atoms with E-state index in [4.69, 9.17) is 4.74 Å². The lowest BCUT2D eigenvalue weighted by Gasteiger charge is -2.29. The van der Waals surface area contributed by atoms with Crippen molar-refractivity contribution in [2.75, 3.05) is 26.2 Å². The van der Waals surface area contributed by atoms with Gasteiger partial charge in [0.15, 0.2) is 0 Å². The molecule has 5 heteroatoms. The zero-order valence-corrected chi connectivity index (χ0v) is 11.0. The summed E-state index contributed by atoms with van der Waals surface area (Å²) in [6, 6.07) is 7.48. The molecule has 1 aromatic rings. The average molecular weight is 264 g/mol. The number of aliphatic hydroxyl groups is 1. The van der Waals surface area contributed by atoms with Crippen molar-refractivity contribution in [2.24, 2.45) is 5.18 Å². The zero-order valence-electron chi connectivity index (χ0n) is 11.0. The second-order valence-electron chi connectivity index (χ2n) is 4.82. The van der Waals surface area contributed by atoms with E-state index in [-0.39, 0.29) is 12.6 Å². The Kier molecular flexibility index (Phi) is 5.30. The van der Waals surface area contributed by atoms with Gasteiger partial charge in [0.25, 0.3) is 0 Å². The van der Waals surface area contributed by atoms with Crippen LogP contribution in [0.2, 0.25) is 0 Å². The van der Waals surface area contributed by atoms with Crippen LogP contribution in [0.3, 0.4) is 0 Å².